The smallest absolute Gasteiger partial charge is 0.0664 e. The molecule has 0 aromatic heterocycles. The van der Waals surface area contributed by atoms with E-state index in [1.807, 2.05) is 32.0 Å². The van der Waals surface area contributed by atoms with Crippen LogP contribution in [0.25, 0.3) is 0 Å². The van der Waals surface area contributed by atoms with E-state index in [4.69, 9.17) is 0 Å². The van der Waals surface area contributed by atoms with E-state index in [9.17, 15) is 10.2 Å². The average molecular weight is 251 g/mol. The Morgan fingerprint density at radius 1 is 0.944 bits per heavy atom. The fraction of sp³-hybridized carbons (Fsp3) is 0.600. The summed E-state index contributed by atoms with van der Waals surface area (Å²) in [5, 5.41) is 19.5. The van der Waals surface area contributed by atoms with Crippen molar-refractivity contribution in [1.29, 1.82) is 0 Å². The molecule has 0 fully saturated rings. The Labute approximate surface area is 110 Å². The Kier molecular flexibility index (Phi) is 6.94. The van der Waals surface area contributed by atoms with Crippen LogP contribution < -0.4 is 0 Å². The molecule has 1 aromatic rings. The monoisotopic (exact) mass is 251 g/mol. The average Bonchev–Trinajstić information content (AvgIpc) is 2.39. The summed E-state index contributed by atoms with van der Waals surface area (Å²) in [4.78, 5) is 2.12. The van der Waals surface area contributed by atoms with Crippen molar-refractivity contribution in [3.05, 3.63) is 35.9 Å². The fourth-order valence-corrected chi connectivity index (χ4v) is 1.90. The van der Waals surface area contributed by atoms with Gasteiger partial charge in [-0.3, -0.25) is 4.90 Å². The second-order valence-electron chi connectivity index (χ2n) is 4.80. The van der Waals surface area contributed by atoms with Crippen LogP contribution in [0.5, 0.6) is 0 Å². The molecule has 2 unspecified atom stereocenters. The molecule has 0 aliphatic heterocycles. The SMILES string of the molecule is CCC(O)CN(Cc1ccccc1)CC(O)CC. The summed E-state index contributed by atoms with van der Waals surface area (Å²) in [6, 6.07) is 10.2. The zero-order valence-corrected chi connectivity index (χ0v) is 11.4. The first kappa shape index (κ1) is 15.2. The molecule has 2 atom stereocenters. The molecule has 0 amide bonds. The van der Waals surface area contributed by atoms with Gasteiger partial charge in [-0.15, -0.1) is 0 Å². The normalized spacial score (nSPS) is 14.7. The predicted molar refractivity (Wildman–Crippen MR) is 74.3 cm³/mol. The van der Waals surface area contributed by atoms with E-state index < -0.39 is 0 Å². The summed E-state index contributed by atoms with van der Waals surface area (Å²) >= 11 is 0. The van der Waals surface area contributed by atoms with E-state index in [0.29, 0.717) is 13.1 Å². The maximum absolute atomic E-state index is 9.77. The van der Waals surface area contributed by atoms with Crippen LogP contribution in [0.3, 0.4) is 0 Å². The number of hydrogen-bond acceptors (Lipinski definition) is 3. The second kappa shape index (κ2) is 8.25. The van der Waals surface area contributed by atoms with E-state index in [1.165, 1.54) is 5.56 Å². The third kappa shape index (κ3) is 5.63. The Balaban J connectivity index is 2.59. The van der Waals surface area contributed by atoms with Gasteiger partial charge in [0.2, 0.25) is 0 Å². The quantitative estimate of drug-likeness (QED) is 0.743. The van der Waals surface area contributed by atoms with Crippen molar-refractivity contribution in [2.24, 2.45) is 0 Å². The van der Waals surface area contributed by atoms with Gasteiger partial charge in [-0.05, 0) is 18.4 Å². The molecule has 0 spiro atoms. The van der Waals surface area contributed by atoms with Crippen molar-refractivity contribution in [2.45, 2.75) is 45.4 Å². The minimum atomic E-state index is -0.322. The molecular weight excluding hydrogens is 226 g/mol. The van der Waals surface area contributed by atoms with Gasteiger partial charge in [0.15, 0.2) is 0 Å². The number of benzene rings is 1. The summed E-state index contributed by atoms with van der Waals surface area (Å²) < 4.78 is 0. The van der Waals surface area contributed by atoms with Crippen molar-refractivity contribution in [3.8, 4) is 0 Å². The van der Waals surface area contributed by atoms with Gasteiger partial charge in [0.05, 0.1) is 12.2 Å². The summed E-state index contributed by atoms with van der Waals surface area (Å²) in [6.07, 6.45) is 0.844. The molecule has 1 aromatic carbocycles. The molecule has 2 N–H and O–H groups in total. The van der Waals surface area contributed by atoms with E-state index in [1.54, 1.807) is 0 Å². The molecule has 0 bridgehead atoms. The van der Waals surface area contributed by atoms with Crippen molar-refractivity contribution < 1.29 is 10.2 Å². The third-order valence-corrected chi connectivity index (χ3v) is 3.13. The Morgan fingerprint density at radius 2 is 1.44 bits per heavy atom. The van der Waals surface area contributed by atoms with Gasteiger partial charge in [-0.25, -0.2) is 0 Å². The molecule has 0 heterocycles. The maximum atomic E-state index is 9.77. The van der Waals surface area contributed by atoms with Crippen molar-refractivity contribution in [2.75, 3.05) is 13.1 Å². The number of nitrogens with zero attached hydrogens (tertiary/aromatic N) is 1. The van der Waals surface area contributed by atoms with E-state index >= 15 is 0 Å². The lowest BCUT2D eigenvalue weighted by atomic mass is 10.1. The molecule has 3 nitrogen and oxygen atoms in total. The lowest BCUT2D eigenvalue weighted by Crippen LogP contribution is -2.37. The van der Waals surface area contributed by atoms with E-state index in [-0.39, 0.29) is 12.2 Å². The van der Waals surface area contributed by atoms with Crippen LogP contribution >= 0.6 is 0 Å². The van der Waals surface area contributed by atoms with Gasteiger partial charge in [0.25, 0.3) is 0 Å². The maximum Gasteiger partial charge on any atom is 0.0664 e. The van der Waals surface area contributed by atoms with Gasteiger partial charge < -0.3 is 10.2 Å². The number of aliphatic hydroxyl groups excluding tert-OH is 2. The van der Waals surface area contributed by atoms with Gasteiger partial charge in [0, 0.05) is 19.6 Å². The summed E-state index contributed by atoms with van der Waals surface area (Å²) in [5.41, 5.74) is 1.21. The Bertz CT molecular complexity index is 304. The molecule has 0 saturated carbocycles. The third-order valence-electron chi connectivity index (χ3n) is 3.13. The minimum Gasteiger partial charge on any atom is -0.392 e. The van der Waals surface area contributed by atoms with E-state index in [2.05, 4.69) is 17.0 Å². The van der Waals surface area contributed by atoms with Crippen molar-refractivity contribution in [3.63, 3.8) is 0 Å². The van der Waals surface area contributed by atoms with Gasteiger partial charge in [0.1, 0.15) is 0 Å². The summed E-state index contributed by atoms with van der Waals surface area (Å²) in [6.45, 7) is 5.95. The van der Waals surface area contributed by atoms with Gasteiger partial charge in [-0.1, -0.05) is 44.2 Å². The number of rotatable bonds is 8. The largest absolute Gasteiger partial charge is 0.392 e. The molecule has 0 aliphatic carbocycles. The Morgan fingerprint density at radius 3 is 1.89 bits per heavy atom. The fourth-order valence-electron chi connectivity index (χ4n) is 1.90. The molecule has 0 saturated heterocycles. The highest BCUT2D eigenvalue weighted by Crippen LogP contribution is 2.08. The van der Waals surface area contributed by atoms with Gasteiger partial charge in [-0.2, -0.15) is 0 Å². The van der Waals surface area contributed by atoms with Crippen LogP contribution in [0.4, 0.5) is 0 Å². The molecule has 0 aliphatic rings. The summed E-state index contributed by atoms with van der Waals surface area (Å²) in [7, 11) is 0. The molecule has 102 valence electrons. The van der Waals surface area contributed by atoms with Crippen molar-refractivity contribution >= 4 is 0 Å². The first-order valence-corrected chi connectivity index (χ1v) is 6.78. The van der Waals surface area contributed by atoms with Crippen LogP contribution in [0.2, 0.25) is 0 Å². The molecule has 18 heavy (non-hydrogen) atoms. The first-order valence-electron chi connectivity index (χ1n) is 6.78. The predicted octanol–water partition coefficient (Wildman–Crippen LogP) is 2.03. The standard InChI is InChI=1S/C15H25NO2/c1-3-14(17)11-16(12-15(18)4-2)10-13-8-6-5-7-9-13/h5-9,14-15,17-18H,3-4,10-12H2,1-2H3. The minimum absolute atomic E-state index is 0.322. The second-order valence-corrected chi connectivity index (χ2v) is 4.80. The van der Waals surface area contributed by atoms with Crippen LogP contribution in [0, 0.1) is 0 Å². The zero-order chi connectivity index (χ0) is 13.4. The van der Waals surface area contributed by atoms with Crippen molar-refractivity contribution in [1.82, 2.24) is 4.90 Å². The van der Waals surface area contributed by atoms with Gasteiger partial charge >= 0.3 is 0 Å². The number of hydrogen-bond donors (Lipinski definition) is 2. The number of aliphatic hydroxyl groups is 2. The first-order chi connectivity index (χ1) is 8.65. The molecule has 1 rings (SSSR count). The molecular formula is C15H25NO2. The lowest BCUT2D eigenvalue weighted by Gasteiger charge is -2.26. The molecule has 3 heteroatoms. The van der Waals surface area contributed by atoms with Crippen LogP contribution in [-0.2, 0) is 6.54 Å². The highest BCUT2D eigenvalue weighted by Gasteiger charge is 2.14. The highest BCUT2D eigenvalue weighted by molar-refractivity contribution is 5.14. The van der Waals surface area contributed by atoms with E-state index in [0.717, 1.165) is 19.4 Å². The highest BCUT2D eigenvalue weighted by atomic mass is 16.3. The Hall–Kier alpha value is -0.900. The molecule has 0 radical (unpaired) electrons. The summed E-state index contributed by atoms with van der Waals surface area (Å²) in [5.74, 6) is 0. The van der Waals surface area contributed by atoms with Crippen LogP contribution in [0.15, 0.2) is 30.3 Å². The zero-order valence-electron chi connectivity index (χ0n) is 11.4. The van der Waals surface area contributed by atoms with Crippen LogP contribution in [0.1, 0.15) is 32.3 Å². The topological polar surface area (TPSA) is 43.7 Å². The lowest BCUT2D eigenvalue weighted by molar-refractivity contribution is 0.0624. The van der Waals surface area contributed by atoms with Crippen LogP contribution in [-0.4, -0.2) is 40.4 Å².